The molecule has 0 aromatic heterocycles. The van der Waals surface area contributed by atoms with Crippen molar-refractivity contribution in [2.24, 2.45) is 0 Å². The van der Waals surface area contributed by atoms with E-state index in [2.05, 4.69) is 5.32 Å². The third kappa shape index (κ3) is 7.86. The van der Waals surface area contributed by atoms with E-state index in [9.17, 15) is 18.0 Å². The van der Waals surface area contributed by atoms with Gasteiger partial charge in [0, 0.05) is 31.1 Å². The second-order valence-electron chi connectivity index (χ2n) is 8.27. The number of carbonyl (C=O) groups is 2. The van der Waals surface area contributed by atoms with E-state index in [0.29, 0.717) is 28.6 Å². The Morgan fingerprint density at radius 3 is 2.49 bits per heavy atom. The van der Waals surface area contributed by atoms with Gasteiger partial charge >= 0.3 is 0 Å². The van der Waals surface area contributed by atoms with Crippen molar-refractivity contribution in [2.45, 2.75) is 46.2 Å². The van der Waals surface area contributed by atoms with Crippen molar-refractivity contribution in [1.82, 2.24) is 10.2 Å². The van der Waals surface area contributed by atoms with Gasteiger partial charge in [-0.15, -0.1) is 0 Å². The highest BCUT2D eigenvalue weighted by atomic mass is 35.5. The van der Waals surface area contributed by atoms with Crippen molar-refractivity contribution in [3.63, 3.8) is 0 Å². The third-order valence-corrected chi connectivity index (χ3v) is 7.25. The van der Waals surface area contributed by atoms with Crippen LogP contribution >= 0.6 is 11.6 Å². The molecule has 2 rings (SSSR count). The molecule has 1 atom stereocenters. The summed E-state index contributed by atoms with van der Waals surface area (Å²) in [5.74, 6) is 0.153. The van der Waals surface area contributed by atoms with Crippen LogP contribution in [-0.2, 0) is 26.2 Å². The van der Waals surface area contributed by atoms with Crippen LogP contribution in [0.15, 0.2) is 42.5 Å². The lowest BCUT2D eigenvalue weighted by Gasteiger charge is -2.29. The van der Waals surface area contributed by atoms with Gasteiger partial charge in [0.2, 0.25) is 21.8 Å². The molecule has 0 bridgehead atoms. The van der Waals surface area contributed by atoms with Crippen LogP contribution in [0.5, 0.6) is 5.75 Å². The molecule has 1 N–H and O–H groups in total. The SMILES string of the molecule is CCNC(=O)[C@@H](C)N(Cc1cccc(OC)c1)C(=O)CCCN(c1cccc(Cl)c1C)S(C)(=O)=O. The first kappa shape index (κ1) is 28.5. The number of sulfonamides is 1. The number of rotatable bonds is 12. The van der Waals surface area contributed by atoms with Crippen LogP contribution in [0.25, 0.3) is 0 Å². The summed E-state index contributed by atoms with van der Waals surface area (Å²) in [5, 5.41) is 3.22. The summed E-state index contributed by atoms with van der Waals surface area (Å²) in [7, 11) is -2.03. The first-order valence-corrected chi connectivity index (χ1v) is 13.6. The van der Waals surface area contributed by atoms with Crippen molar-refractivity contribution in [1.29, 1.82) is 0 Å². The molecule has 0 saturated heterocycles. The molecule has 0 aliphatic heterocycles. The summed E-state index contributed by atoms with van der Waals surface area (Å²) in [6, 6.07) is 11.7. The third-order valence-electron chi connectivity index (χ3n) is 5.67. The molecule has 0 fully saturated rings. The molecule has 35 heavy (non-hydrogen) atoms. The van der Waals surface area contributed by atoms with E-state index in [0.717, 1.165) is 11.8 Å². The smallest absolute Gasteiger partial charge is 0.242 e. The zero-order valence-corrected chi connectivity index (χ0v) is 22.4. The highest BCUT2D eigenvalue weighted by molar-refractivity contribution is 7.92. The zero-order chi connectivity index (χ0) is 26.2. The molecule has 0 radical (unpaired) electrons. The Labute approximate surface area is 213 Å². The molecule has 0 heterocycles. The minimum atomic E-state index is -3.60. The number of likely N-dealkylation sites (N-methyl/N-ethyl adjacent to an activating group) is 1. The number of halogens is 1. The fourth-order valence-corrected chi connectivity index (χ4v) is 4.91. The highest BCUT2D eigenvalue weighted by Gasteiger charge is 2.27. The topological polar surface area (TPSA) is 96.0 Å². The minimum absolute atomic E-state index is 0.0688. The minimum Gasteiger partial charge on any atom is -0.497 e. The fourth-order valence-electron chi connectivity index (χ4n) is 3.72. The van der Waals surface area contributed by atoms with Gasteiger partial charge in [0.15, 0.2) is 0 Å². The van der Waals surface area contributed by atoms with E-state index in [1.807, 2.05) is 25.1 Å². The second kappa shape index (κ2) is 12.8. The van der Waals surface area contributed by atoms with E-state index < -0.39 is 16.1 Å². The normalized spacial score (nSPS) is 12.1. The molecule has 2 amide bonds. The molecule has 0 unspecified atom stereocenters. The molecule has 0 spiro atoms. The Hall–Kier alpha value is -2.78. The van der Waals surface area contributed by atoms with Crippen molar-refractivity contribution in [3.05, 3.63) is 58.6 Å². The number of hydrogen-bond donors (Lipinski definition) is 1. The quantitative estimate of drug-likeness (QED) is 0.457. The van der Waals surface area contributed by atoms with E-state index in [4.69, 9.17) is 16.3 Å². The molecule has 10 heteroatoms. The molecule has 2 aromatic rings. The molecule has 0 saturated carbocycles. The number of ether oxygens (including phenoxy) is 1. The van der Waals surface area contributed by atoms with Gasteiger partial charge in [-0.3, -0.25) is 13.9 Å². The van der Waals surface area contributed by atoms with Crippen LogP contribution in [0.1, 0.15) is 37.8 Å². The molecule has 0 aliphatic carbocycles. The maximum absolute atomic E-state index is 13.3. The maximum atomic E-state index is 13.3. The van der Waals surface area contributed by atoms with Gasteiger partial charge < -0.3 is 15.0 Å². The number of nitrogens with zero attached hydrogens (tertiary/aromatic N) is 2. The second-order valence-corrected chi connectivity index (χ2v) is 10.6. The highest BCUT2D eigenvalue weighted by Crippen LogP contribution is 2.28. The number of amides is 2. The summed E-state index contributed by atoms with van der Waals surface area (Å²) >= 11 is 6.19. The van der Waals surface area contributed by atoms with Gasteiger partial charge in [0.25, 0.3) is 0 Å². The van der Waals surface area contributed by atoms with Gasteiger partial charge in [-0.1, -0.05) is 29.8 Å². The Morgan fingerprint density at radius 1 is 1.17 bits per heavy atom. The lowest BCUT2D eigenvalue weighted by atomic mass is 10.1. The Bertz CT molecular complexity index is 1140. The van der Waals surface area contributed by atoms with Gasteiger partial charge in [-0.25, -0.2) is 8.42 Å². The summed E-state index contributed by atoms with van der Waals surface area (Å²) in [4.78, 5) is 27.3. The molecule has 2 aromatic carbocycles. The molecule has 0 aliphatic rings. The predicted octanol–water partition coefficient (Wildman–Crippen LogP) is 3.76. The zero-order valence-electron chi connectivity index (χ0n) is 20.9. The van der Waals surface area contributed by atoms with Gasteiger partial charge in [-0.2, -0.15) is 0 Å². The van der Waals surface area contributed by atoms with Gasteiger partial charge in [-0.05, 0) is 62.6 Å². The van der Waals surface area contributed by atoms with Crippen LogP contribution in [0.2, 0.25) is 5.02 Å². The Balaban J connectivity index is 2.21. The van der Waals surface area contributed by atoms with Crippen LogP contribution in [0.4, 0.5) is 5.69 Å². The first-order valence-electron chi connectivity index (χ1n) is 11.4. The molecule has 8 nitrogen and oxygen atoms in total. The monoisotopic (exact) mass is 523 g/mol. The number of carbonyl (C=O) groups excluding carboxylic acids is 2. The van der Waals surface area contributed by atoms with Crippen molar-refractivity contribution >= 4 is 39.1 Å². The predicted molar refractivity (Wildman–Crippen MR) is 139 cm³/mol. The summed E-state index contributed by atoms with van der Waals surface area (Å²) < 4.78 is 31.5. The van der Waals surface area contributed by atoms with Crippen molar-refractivity contribution < 1.29 is 22.7 Å². The summed E-state index contributed by atoms with van der Waals surface area (Å²) in [6.07, 6.45) is 1.47. The van der Waals surface area contributed by atoms with E-state index in [1.165, 1.54) is 9.21 Å². The average molecular weight is 524 g/mol. The van der Waals surface area contributed by atoms with E-state index in [-0.39, 0.29) is 37.7 Å². The largest absolute Gasteiger partial charge is 0.497 e. The fraction of sp³-hybridized carbons (Fsp3) is 0.440. The maximum Gasteiger partial charge on any atom is 0.242 e. The first-order chi connectivity index (χ1) is 16.5. The Kier molecular flexibility index (Phi) is 10.4. The average Bonchev–Trinajstić information content (AvgIpc) is 2.81. The number of methoxy groups -OCH3 is 1. The lowest BCUT2D eigenvalue weighted by Crippen LogP contribution is -2.47. The van der Waals surface area contributed by atoms with Crippen LogP contribution < -0.4 is 14.4 Å². The number of hydrogen-bond acceptors (Lipinski definition) is 5. The standard InChI is InChI=1S/C25H34ClN3O5S/c1-6-27-25(31)19(3)28(17-20-10-7-11-21(16-20)34-4)24(30)14-9-15-29(35(5,32)33)23-13-8-12-22(26)18(23)2/h7-8,10-13,16,19H,6,9,14-15,17H2,1-5H3,(H,27,31)/t19-/m1/s1. The Morgan fingerprint density at radius 2 is 1.86 bits per heavy atom. The summed E-state index contributed by atoms with van der Waals surface area (Å²) in [6.45, 7) is 6.03. The number of benzene rings is 2. The molecular formula is C25H34ClN3O5S. The van der Waals surface area contributed by atoms with Crippen molar-refractivity contribution in [2.75, 3.05) is 30.8 Å². The van der Waals surface area contributed by atoms with E-state index in [1.54, 1.807) is 45.2 Å². The number of anilines is 1. The van der Waals surface area contributed by atoms with Crippen LogP contribution in [0.3, 0.4) is 0 Å². The van der Waals surface area contributed by atoms with Crippen LogP contribution in [0, 0.1) is 6.92 Å². The lowest BCUT2D eigenvalue weighted by molar-refractivity contribution is -0.140. The summed E-state index contributed by atoms with van der Waals surface area (Å²) in [5.41, 5.74) is 1.95. The van der Waals surface area contributed by atoms with Gasteiger partial charge in [0.1, 0.15) is 11.8 Å². The van der Waals surface area contributed by atoms with Gasteiger partial charge in [0.05, 0.1) is 19.1 Å². The van der Waals surface area contributed by atoms with Crippen LogP contribution in [-0.4, -0.2) is 57.6 Å². The van der Waals surface area contributed by atoms with E-state index >= 15 is 0 Å². The molecule has 192 valence electrons. The molecular weight excluding hydrogens is 490 g/mol. The number of nitrogens with one attached hydrogen (secondary N) is 1. The van der Waals surface area contributed by atoms with Crippen molar-refractivity contribution in [3.8, 4) is 5.75 Å².